The van der Waals surface area contributed by atoms with E-state index in [1.54, 1.807) is 0 Å². The van der Waals surface area contributed by atoms with E-state index in [9.17, 15) is 4.79 Å². The van der Waals surface area contributed by atoms with Crippen molar-refractivity contribution in [3.05, 3.63) is 29.8 Å². The fourth-order valence-corrected chi connectivity index (χ4v) is 1.96. The lowest BCUT2D eigenvalue weighted by Crippen LogP contribution is -2.20. The van der Waals surface area contributed by atoms with Gasteiger partial charge in [0.25, 0.3) is 0 Å². The predicted octanol–water partition coefficient (Wildman–Crippen LogP) is 1.85. The molecular formula is C12H12N2O. The molecule has 76 valence electrons. The summed E-state index contributed by atoms with van der Waals surface area (Å²) in [6, 6.07) is 9.78. The lowest BCUT2D eigenvalue weighted by atomic mass is 10.1. The highest BCUT2D eigenvalue weighted by Gasteiger charge is 2.23. The van der Waals surface area contributed by atoms with Crippen molar-refractivity contribution in [2.75, 3.05) is 18.0 Å². The van der Waals surface area contributed by atoms with Gasteiger partial charge in [-0.15, -0.1) is 0 Å². The molecule has 0 bridgehead atoms. The molecule has 1 heterocycles. The number of nitrogens with zero attached hydrogens (tertiary/aromatic N) is 2. The SMILES string of the molecule is N#CC1CCN(c2ccccc2C=O)C1. The van der Waals surface area contributed by atoms with Crippen LogP contribution in [0.2, 0.25) is 0 Å². The molecule has 1 aliphatic heterocycles. The molecule has 0 saturated carbocycles. The maximum Gasteiger partial charge on any atom is 0.152 e. The van der Waals surface area contributed by atoms with Gasteiger partial charge in [-0.2, -0.15) is 5.26 Å². The summed E-state index contributed by atoms with van der Waals surface area (Å²) < 4.78 is 0. The quantitative estimate of drug-likeness (QED) is 0.684. The lowest BCUT2D eigenvalue weighted by molar-refractivity contribution is 0.112. The molecule has 3 heteroatoms. The Morgan fingerprint density at radius 3 is 2.93 bits per heavy atom. The minimum absolute atomic E-state index is 0.102. The van der Waals surface area contributed by atoms with E-state index in [1.807, 2.05) is 24.3 Å². The summed E-state index contributed by atoms with van der Waals surface area (Å²) in [6.07, 6.45) is 1.76. The van der Waals surface area contributed by atoms with Crippen LogP contribution >= 0.6 is 0 Å². The van der Waals surface area contributed by atoms with Gasteiger partial charge in [0.15, 0.2) is 6.29 Å². The predicted molar refractivity (Wildman–Crippen MR) is 57.8 cm³/mol. The molecule has 0 N–H and O–H groups in total. The molecule has 0 spiro atoms. The third-order valence-electron chi connectivity index (χ3n) is 2.78. The van der Waals surface area contributed by atoms with Crippen molar-refractivity contribution in [1.82, 2.24) is 0 Å². The molecular weight excluding hydrogens is 188 g/mol. The summed E-state index contributed by atoms with van der Waals surface area (Å²) in [6.45, 7) is 1.60. The van der Waals surface area contributed by atoms with Crippen LogP contribution in [0.5, 0.6) is 0 Å². The zero-order valence-electron chi connectivity index (χ0n) is 8.39. The Kier molecular flexibility index (Phi) is 2.68. The fourth-order valence-electron chi connectivity index (χ4n) is 1.96. The zero-order valence-corrected chi connectivity index (χ0v) is 8.39. The van der Waals surface area contributed by atoms with E-state index in [1.165, 1.54) is 0 Å². The van der Waals surface area contributed by atoms with Gasteiger partial charge in [0.2, 0.25) is 0 Å². The Morgan fingerprint density at radius 1 is 1.47 bits per heavy atom. The van der Waals surface area contributed by atoms with Crippen LogP contribution in [0, 0.1) is 17.2 Å². The zero-order chi connectivity index (χ0) is 10.7. The topological polar surface area (TPSA) is 44.1 Å². The number of rotatable bonds is 2. The van der Waals surface area contributed by atoms with Crippen molar-refractivity contribution >= 4 is 12.0 Å². The van der Waals surface area contributed by atoms with Crippen LogP contribution in [0.25, 0.3) is 0 Å². The fraction of sp³-hybridized carbons (Fsp3) is 0.333. The van der Waals surface area contributed by atoms with E-state index in [4.69, 9.17) is 5.26 Å². The molecule has 0 aromatic heterocycles. The Balaban J connectivity index is 2.24. The van der Waals surface area contributed by atoms with Crippen LogP contribution in [0.1, 0.15) is 16.8 Å². The van der Waals surface area contributed by atoms with Crippen molar-refractivity contribution in [2.24, 2.45) is 5.92 Å². The molecule has 1 aromatic rings. The summed E-state index contributed by atoms with van der Waals surface area (Å²) >= 11 is 0. The first-order chi connectivity index (χ1) is 7.35. The molecule has 15 heavy (non-hydrogen) atoms. The number of nitriles is 1. The number of para-hydroxylation sites is 1. The molecule has 1 fully saturated rings. The van der Waals surface area contributed by atoms with Crippen molar-refractivity contribution < 1.29 is 4.79 Å². The maximum atomic E-state index is 10.8. The van der Waals surface area contributed by atoms with Gasteiger partial charge in [0.1, 0.15) is 0 Å². The van der Waals surface area contributed by atoms with Crippen LogP contribution in [-0.4, -0.2) is 19.4 Å². The summed E-state index contributed by atoms with van der Waals surface area (Å²) in [5.74, 6) is 0.102. The van der Waals surface area contributed by atoms with Gasteiger partial charge < -0.3 is 4.90 Å². The molecule has 0 radical (unpaired) electrons. The van der Waals surface area contributed by atoms with E-state index in [0.29, 0.717) is 5.56 Å². The van der Waals surface area contributed by atoms with E-state index < -0.39 is 0 Å². The first kappa shape index (κ1) is 9.72. The number of hydrogen-bond donors (Lipinski definition) is 0. The number of anilines is 1. The molecule has 1 aliphatic rings. The number of carbonyl (C=O) groups is 1. The minimum Gasteiger partial charge on any atom is -0.370 e. The van der Waals surface area contributed by atoms with Crippen molar-refractivity contribution in [2.45, 2.75) is 6.42 Å². The van der Waals surface area contributed by atoms with Crippen molar-refractivity contribution in [1.29, 1.82) is 5.26 Å². The average Bonchev–Trinajstić information content (AvgIpc) is 2.77. The Bertz CT molecular complexity index is 408. The van der Waals surface area contributed by atoms with Crippen LogP contribution < -0.4 is 4.90 Å². The van der Waals surface area contributed by atoms with Crippen molar-refractivity contribution in [3.8, 4) is 6.07 Å². The molecule has 0 aliphatic carbocycles. The second-order valence-corrected chi connectivity index (χ2v) is 3.74. The van der Waals surface area contributed by atoms with E-state index in [0.717, 1.165) is 31.5 Å². The third-order valence-corrected chi connectivity index (χ3v) is 2.78. The molecule has 0 amide bonds. The number of carbonyl (C=O) groups excluding carboxylic acids is 1. The summed E-state index contributed by atoms with van der Waals surface area (Å²) in [4.78, 5) is 13.0. The normalized spacial score (nSPS) is 19.9. The first-order valence-corrected chi connectivity index (χ1v) is 5.04. The van der Waals surface area contributed by atoms with Gasteiger partial charge in [0, 0.05) is 24.3 Å². The molecule has 1 atom stereocenters. The maximum absolute atomic E-state index is 10.8. The number of hydrogen-bond acceptors (Lipinski definition) is 3. The molecule has 1 saturated heterocycles. The van der Waals surface area contributed by atoms with Gasteiger partial charge in [-0.05, 0) is 18.6 Å². The van der Waals surface area contributed by atoms with Crippen LogP contribution in [0.15, 0.2) is 24.3 Å². The summed E-state index contributed by atoms with van der Waals surface area (Å²) in [5.41, 5.74) is 1.65. The number of aldehydes is 1. The third kappa shape index (κ3) is 1.84. The second-order valence-electron chi connectivity index (χ2n) is 3.74. The first-order valence-electron chi connectivity index (χ1n) is 5.04. The van der Waals surface area contributed by atoms with Crippen LogP contribution in [0.4, 0.5) is 5.69 Å². The summed E-state index contributed by atoms with van der Waals surface area (Å²) in [7, 11) is 0. The Morgan fingerprint density at radius 2 is 2.27 bits per heavy atom. The molecule has 2 rings (SSSR count). The average molecular weight is 200 g/mol. The highest BCUT2D eigenvalue weighted by Crippen LogP contribution is 2.25. The lowest BCUT2D eigenvalue weighted by Gasteiger charge is -2.19. The molecule has 3 nitrogen and oxygen atoms in total. The van der Waals surface area contributed by atoms with Gasteiger partial charge in [-0.3, -0.25) is 4.79 Å². The highest BCUT2D eigenvalue weighted by atomic mass is 16.1. The summed E-state index contributed by atoms with van der Waals surface area (Å²) in [5, 5.41) is 8.81. The van der Waals surface area contributed by atoms with E-state index in [2.05, 4.69) is 11.0 Å². The van der Waals surface area contributed by atoms with Gasteiger partial charge >= 0.3 is 0 Å². The number of benzene rings is 1. The molecule has 1 unspecified atom stereocenters. The standard InChI is InChI=1S/C12H12N2O/c13-7-10-5-6-14(8-10)12-4-2-1-3-11(12)9-15/h1-4,9-10H,5-6,8H2. The van der Waals surface area contributed by atoms with E-state index >= 15 is 0 Å². The molecule has 1 aromatic carbocycles. The smallest absolute Gasteiger partial charge is 0.152 e. The van der Waals surface area contributed by atoms with Gasteiger partial charge in [-0.1, -0.05) is 12.1 Å². The van der Waals surface area contributed by atoms with Crippen LogP contribution in [0.3, 0.4) is 0 Å². The Labute approximate surface area is 88.9 Å². The van der Waals surface area contributed by atoms with Gasteiger partial charge in [0.05, 0.1) is 12.0 Å². The Hall–Kier alpha value is -1.82. The van der Waals surface area contributed by atoms with Gasteiger partial charge in [-0.25, -0.2) is 0 Å². The minimum atomic E-state index is 0.102. The second kappa shape index (κ2) is 4.14. The van der Waals surface area contributed by atoms with E-state index in [-0.39, 0.29) is 5.92 Å². The highest BCUT2D eigenvalue weighted by molar-refractivity contribution is 5.84. The largest absolute Gasteiger partial charge is 0.370 e. The van der Waals surface area contributed by atoms with Crippen LogP contribution in [-0.2, 0) is 0 Å². The monoisotopic (exact) mass is 200 g/mol. The van der Waals surface area contributed by atoms with Crippen molar-refractivity contribution in [3.63, 3.8) is 0 Å².